The molecule has 0 spiro atoms. The minimum absolute atomic E-state index is 0.268. The molecule has 1 N–H and O–H groups in total. The highest BCUT2D eigenvalue weighted by Crippen LogP contribution is 2.22. The Morgan fingerprint density at radius 1 is 1.21 bits per heavy atom. The molecule has 0 unspecified atom stereocenters. The smallest absolute Gasteiger partial charge is 0.335 e. The third kappa shape index (κ3) is 3.31. The molecule has 0 saturated carbocycles. The minimum Gasteiger partial charge on any atom is -0.478 e. The number of rotatable bonds is 4. The van der Waals surface area contributed by atoms with E-state index in [0.29, 0.717) is 0 Å². The Morgan fingerprint density at radius 2 is 1.96 bits per heavy atom. The van der Waals surface area contributed by atoms with E-state index in [-0.39, 0.29) is 5.56 Å². The standard InChI is InChI=1S/C19H18N2O2S/c1-3-21-17(15-6-4-5-13(2)11-15)12-24-19(21)20-16-9-7-14(8-10-16)18(22)23/h4-12H,3H2,1-2H3,(H,22,23)/b20-19-. The molecular formula is C19H18N2O2S. The van der Waals surface area contributed by atoms with Crippen LogP contribution in [-0.4, -0.2) is 15.6 Å². The quantitative estimate of drug-likeness (QED) is 0.763. The zero-order valence-corrected chi connectivity index (χ0v) is 14.4. The summed E-state index contributed by atoms with van der Waals surface area (Å²) in [6, 6.07) is 15.0. The third-order valence-corrected chi connectivity index (χ3v) is 4.63. The first-order chi connectivity index (χ1) is 11.6. The van der Waals surface area contributed by atoms with Crippen molar-refractivity contribution in [3.63, 3.8) is 0 Å². The van der Waals surface area contributed by atoms with Crippen LogP contribution < -0.4 is 4.80 Å². The SMILES string of the molecule is CCn1c(-c2cccc(C)c2)cs/c1=N\c1ccc(C(=O)O)cc1. The van der Waals surface area contributed by atoms with E-state index in [1.165, 1.54) is 11.1 Å². The Bertz CT molecular complexity index is 937. The lowest BCUT2D eigenvalue weighted by Crippen LogP contribution is -2.14. The number of carboxylic acids is 1. The van der Waals surface area contributed by atoms with Gasteiger partial charge in [-0.25, -0.2) is 9.79 Å². The molecule has 0 aliphatic heterocycles. The molecule has 3 rings (SSSR count). The molecule has 5 heteroatoms. The van der Waals surface area contributed by atoms with Gasteiger partial charge in [0.2, 0.25) is 0 Å². The van der Waals surface area contributed by atoms with Crippen LogP contribution in [0.4, 0.5) is 5.69 Å². The second kappa shape index (κ2) is 6.84. The van der Waals surface area contributed by atoms with Gasteiger partial charge < -0.3 is 9.67 Å². The van der Waals surface area contributed by atoms with Gasteiger partial charge in [0, 0.05) is 11.9 Å². The first kappa shape index (κ1) is 16.2. The van der Waals surface area contributed by atoms with E-state index in [1.54, 1.807) is 35.6 Å². The maximum atomic E-state index is 10.9. The predicted molar refractivity (Wildman–Crippen MR) is 96.8 cm³/mol. The van der Waals surface area contributed by atoms with E-state index < -0.39 is 5.97 Å². The minimum atomic E-state index is -0.928. The first-order valence-electron chi connectivity index (χ1n) is 7.72. The number of aryl methyl sites for hydroxylation is 1. The highest BCUT2D eigenvalue weighted by Gasteiger charge is 2.07. The van der Waals surface area contributed by atoms with Crippen molar-refractivity contribution in [2.24, 2.45) is 4.99 Å². The van der Waals surface area contributed by atoms with Gasteiger partial charge in [0.15, 0.2) is 4.80 Å². The van der Waals surface area contributed by atoms with Gasteiger partial charge in [-0.15, -0.1) is 11.3 Å². The molecule has 0 radical (unpaired) electrons. The molecule has 122 valence electrons. The Morgan fingerprint density at radius 3 is 2.58 bits per heavy atom. The van der Waals surface area contributed by atoms with Crippen LogP contribution in [0.2, 0.25) is 0 Å². The molecule has 1 aromatic heterocycles. The maximum Gasteiger partial charge on any atom is 0.335 e. The molecule has 4 nitrogen and oxygen atoms in total. The second-order valence-electron chi connectivity index (χ2n) is 5.48. The summed E-state index contributed by atoms with van der Waals surface area (Å²) in [5, 5.41) is 11.1. The number of hydrogen-bond donors (Lipinski definition) is 1. The number of aromatic nitrogens is 1. The lowest BCUT2D eigenvalue weighted by molar-refractivity contribution is 0.0697. The topological polar surface area (TPSA) is 54.6 Å². The Kier molecular flexibility index (Phi) is 4.62. The number of carboxylic acid groups (broad SMARTS) is 1. The summed E-state index contributed by atoms with van der Waals surface area (Å²) in [5.74, 6) is -0.928. The Balaban J connectivity index is 2.04. The average molecular weight is 338 g/mol. The first-order valence-corrected chi connectivity index (χ1v) is 8.60. The van der Waals surface area contributed by atoms with Gasteiger partial charge in [0.05, 0.1) is 16.9 Å². The molecular weight excluding hydrogens is 320 g/mol. The van der Waals surface area contributed by atoms with E-state index in [1.807, 2.05) is 0 Å². The normalized spacial score (nSPS) is 11.7. The molecule has 1 heterocycles. The summed E-state index contributed by atoms with van der Waals surface area (Å²) in [6.45, 7) is 5.00. The number of carbonyl (C=O) groups is 1. The van der Waals surface area contributed by atoms with Crippen LogP contribution in [0.3, 0.4) is 0 Å². The zero-order chi connectivity index (χ0) is 17.1. The van der Waals surface area contributed by atoms with Gasteiger partial charge in [0.25, 0.3) is 0 Å². The molecule has 24 heavy (non-hydrogen) atoms. The summed E-state index contributed by atoms with van der Waals surface area (Å²) < 4.78 is 2.17. The molecule has 3 aromatic rings. The monoisotopic (exact) mass is 338 g/mol. The molecule has 2 aromatic carbocycles. The molecule has 0 bridgehead atoms. The van der Waals surface area contributed by atoms with Crippen LogP contribution in [0.25, 0.3) is 11.3 Å². The number of thiazole rings is 1. The van der Waals surface area contributed by atoms with Crippen molar-refractivity contribution in [1.82, 2.24) is 4.57 Å². The van der Waals surface area contributed by atoms with Crippen LogP contribution in [0.15, 0.2) is 58.9 Å². The lowest BCUT2D eigenvalue weighted by atomic mass is 10.1. The van der Waals surface area contributed by atoms with Crippen LogP contribution in [0.5, 0.6) is 0 Å². The van der Waals surface area contributed by atoms with Gasteiger partial charge in [-0.05, 0) is 49.7 Å². The van der Waals surface area contributed by atoms with Gasteiger partial charge in [-0.2, -0.15) is 0 Å². The van der Waals surface area contributed by atoms with Crippen molar-refractivity contribution in [3.05, 3.63) is 69.8 Å². The fourth-order valence-electron chi connectivity index (χ4n) is 2.55. The Labute approximate surface area is 144 Å². The van der Waals surface area contributed by atoms with E-state index in [0.717, 1.165) is 22.7 Å². The van der Waals surface area contributed by atoms with Crippen LogP contribution in [-0.2, 0) is 6.54 Å². The summed E-state index contributed by atoms with van der Waals surface area (Å²) in [7, 11) is 0. The second-order valence-corrected chi connectivity index (χ2v) is 6.32. The molecule has 0 atom stereocenters. The molecule has 0 saturated heterocycles. The van der Waals surface area contributed by atoms with E-state index in [9.17, 15) is 4.79 Å². The third-order valence-electron chi connectivity index (χ3n) is 3.77. The van der Waals surface area contributed by atoms with Gasteiger partial charge in [-0.3, -0.25) is 0 Å². The lowest BCUT2D eigenvalue weighted by Gasteiger charge is -2.07. The van der Waals surface area contributed by atoms with E-state index in [4.69, 9.17) is 5.11 Å². The van der Waals surface area contributed by atoms with Crippen molar-refractivity contribution in [1.29, 1.82) is 0 Å². The van der Waals surface area contributed by atoms with Gasteiger partial charge >= 0.3 is 5.97 Å². The van der Waals surface area contributed by atoms with Crippen molar-refractivity contribution < 1.29 is 9.90 Å². The van der Waals surface area contributed by atoms with Crippen molar-refractivity contribution in [3.8, 4) is 11.3 Å². The van der Waals surface area contributed by atoms with Crippen molar-refractivity contribution in [2.75, 3.05) is 0 Å². The number of nitrogens with zero attached hydrogens (tertiary/aromatic N) is 2. The Hall–Kier alpha value is -2.66. The van der Waals surface area contributed by atoms with E-state index in [2.05, 4.69) is 53.1 Å². The maximum absolute atomic E-state index is 10.9. The summed E-state index contributed by atoms with van der Waals surface area (Å²) in [6.07, 6.45) is 0. The summed E-state index contributed by atoms with van der Waals surface area (Å²) in [4.78, 5) is 16.5. The average Bonchev–Trinajstić information content (AvgIpc) is 2.98. The molecule has 0 fully saturated rings. The molecule has 0 aliphatic carbocycles. The fraction of sp³-hybridized carbons (Fsp3) is 0.158. The van der Waals surface area contributed by atoms with Crippen molar-refractivity contribution in [2.45, 2.75) is 20.4 Å². The van der Waals surface area contributed by atoms with Gasteiger partial charge in [-0.1, -0.05) is 23.8 Å². The number of aromatic carboxylic acids is 1. The molecule has 0 aliphatic rings. The van der Waals surface area contributed by atoms with Crippen LogP contribution in [0.1, 0.15) is 22.8 Å². The van der Waals surface area contributed by atoms with Crippen LogP contribution >= 0.6 is 11.3 Å². The fourth-order valence-corrected chi connectivity index (χ4v) is 3.54. The zero-order valence-electron chi connectivity index (χ0n) is 13.6. The number of hydrogen-bond acceptors (Lipinski definition) is 3. The van der Waals surface area contributed by atoms with Crippen LogP contribution in [0, 0.1) is 6.92 Å². The highest BCUT2D eigenvalue weighted by molar-refractivity contribution is 7.07. The van der Waals surface area contributed by atoms with E-state index >= 15 is 0 Å². The number of benzene rings is 2. The van der Waals surface area contributed by atoms with Gasteiger partial charge in [0.1, 0.15) is 0 Å². The van der Waals surface area contributed by atoms with Crippen molar-refractivity contribution >= 4 is 23.0 Å². The highest BCUT2D eigenvalue weighted by atomic mass is 32.1. The summed E-state index contributed by atoms with van der Waals surface area (Å²) >= 11 is 1.59. The predicted octanol–water partition coefficient (Wildman–Crippen LogP) is 4.48. The molecule has 0 amide bonds. The summed E-state index contributed by atoms with van der Waals surface area (Å²) in [5.41, 5.74) is 4.57. The largest absolute Gasteiger partial charge is 0.478 e.